The topological polar surface area (TPSA) is 61.8 Å². The molecule has 1 amide bonds. The molecule has 0 unspecified atom stereocenters. The Balaban J connectivity index is 2.18. The molecule has 43 heavy (non-hydrogen) atoms. The highest BCUT2D eigenvalue weighted by molar-refractivity contribution is 5.76. The molecule has 0 radical (unpaired) electrons. The highest BCUT2D eigenvalue weighted by atomic mass is 16.5. The summed E-state index contributed by atoms with van der Waals surface area (Å²) in [5.41, 5.74) is 0. The zero-order valence-electron chi connectivity index (χ0n) is 28.9. The fourth-order valence-corrected chi connectivity index (χ4v) is 6.18. The molecule has 2 N–H and O–H groups in total. The fraction of sp³-hybridized carbons (Fsp3) is 0.921. The number of aliphatic hydroxyl groups excluding tert-OH is 1. The van der Waals surface area contributed by atoms with Gasteiger partial charge in [-0.3, -0.25) is 9.69 Å². The van der Waals surface area contributed by atoms with E-state index in [1.165, 1.54) is 141 Å². The third-order valence-corrected chi connectivity index (χ3v) is 9.13. The summed E-state index contributed by atoms with van der Waals surface area (Å²) < 4.78 is 5.50. The molecule has 0 aromatic heterocycles. The number of hydrogen-bond acceptors (Lipinski definition) is 4. The zero-order valence-corrected chi connectivity index (χ0v) is 28.9. The minimum absolute atomic E-state index is 0.0825. The average Bonchev–Trinajstić information content (AvgIpc) is 3.01. The van der Waals surface area contributed by atoms with Gasteiger partial charge in [-0.05, 0) is 19.3 Å². The molecule has 2 atom stereocenters. The molecule has 0 saturated carbocycles. The van der Waals surface area contributed by atoms with Crippen molar-refractivity contribution in [3.8, 4) is 0 Å². The van der Waals surface area contributed by atoms with Crippen molar-refractivity contribution in [3.63, 3.8) is 0 Å². The van der Waals surface area contributed by atoms with E-state index in [9.17, 15) is 9.90 Å². The lowest BCUT2D eigenvalue weighted by Crippen LogP contribution is -2.52. The Morgan fingerprint density at radius 1 is 0.674 bits per heavy atom. The van der Waals surface area contributed by atoms with Crippen LogP contribution in [0.25, 0.3) is 0 Å². The van der Waals surface area contributed by atoms with Gasteiger partial charge in [-0.1, -0.05) is 167 Å². The second-order valence-electron chi connectivity index (χ2n) is 13.3. The maximum absolute atomic E-state index is 12.8. The van der Waals surface area contributed by atoms with Gasteiger partial charge in [-0.25, -0.2) is 0 Å². The minimum Gasteiger partial charge on any atom is -0.387 e. The first-order valence-corrected chi connectivity index (χ1v) is 19.1. The van der Waals surface area contributed by atoms with Crippen LogP contribution in [0.4, 0.5) is 0 Å². The summed E-state index contributed by atoms with van der Waals surface area (Å²) in [7, 11) is 0. The molecule has 254 valence electrons. The largest absolute Gasteiger partial charge is 0.387 e. The summed E-state index contributed by atoms with van der Waals surface area (Å²) in [6.45, 7) is 8.41. The summed E-state index contributed by atoms with van der Waals surface area (Å²) in [5, 5.41) is 14.2. The maximum Gasteiger partial charge on any atom is 0.220 e. The molecule has 0 bridgehead atoms. The lowest BCUT2D eigenvalue weighted by Gasteiger charge is -2.32. The highest BCUT2D eigenvalue weighted by Gasteiger charge is 2.23. The Labute approximate surface area is 268 Å². The molecule has 1 aliphatic heterocycles. The number of unbranched alkanes of at least 4 members (excludes halogenated alkanes) is 23. The van der Waals surface area contributed by atoms with Gasteiger partial charge in [-0.2, -0.15) is 0 Å². The summed E-state index contributed by atoms with van der Waals surface area (Å²) in [4.78, 5) is 15.1. The first-order valence-electron chi connectivity index (χ1n) is 19.1. The zero-order chi connectivity index (χ0) is 31.1. The highest BCUT2D eigenvalue weighted by Crippen LogP contribution is 2.14. The van der Waals surface area contributed by atoms with Crippen molar-refractivity contribution in [3.05, 3.63) is 12.2 Å². The fourth-order valence-electron chi connectivity index (χ4n) is 6.18. The Bertz CT molecular complexity index is 620. The Hall–Kier alpha value is -0.910. The number of ether oxygens (including phenoxy) is 1. The van der Waals surface area contributed by atoms with E-state index in [2.05, 4.69) is 30.1 Å². The first kappa shape index (κ1) is 40.1. The molecule has 1 fully saturated rings. The maximum atomic E-state index is 12.8. The van der Waals surface area contributed by atoms with E-state index in [0.29, 0.717) is 13.0 Å². The minimum atomic E-state index is -0.647. The van der Waals surface area contributed by atoms with Crippen LogP contribution >= 0.6 is 0 Å². The number of rotatable bonds is 31. The van der Waals surface area contributed by atoms with E-state index in [1.54, 1.807) is 0 Å². The van der Waals surface area contributed by atoms with Crippen molar-refractivity contribution >= 4 is 5.91 Å². The molecule has 1 rings (SSSR count). The molecule has 0 spiro atoms. The van der Waals surface area contributed by atoms with E-state index in [-0.39, 0.29) is 11.9 Å². The first-order chi connectivity index (χ1) is 21.2. The molecule has 5 heteroatoms. The molecule has 0 aliphatic carbocycles. The van der Waals surface area contributed by atoms with Gasteiger partial charge < -0.3 is 15.2 Å². The Morgan fingerprint density at radius 3 is 1.56 bits per heavy atom. The van der Waals surface area contributed by atoms with Gasteiger partial charge in [0.15, 0.2) is 0 Å². The van der Waals surface area contributed by atoms with E-state index < -0.39 is 6.10 Å². The van der Waals surface area contributed by atoms with Crippen LogP contribution in [-0.4, -0.2) is 60.9 Å². The third-order valence-electron chi connectivity index (χ3n) is 9.13. The Kier molecular flexibility index (Phi) is 29.0. The SMILES string of the molecule is CCCCCCCCCCCCC/C=C/[C@@H](O)[C@@H](CN1CCOCC1)NC(=O)CCCCCCCCCCCCCCC. The van der Waals surface area contributed by atoms with Crippen molar-refractivity contribution in [2.45, 2.75) is 193 Å². The van der Waals surface area contributed by atoms with Gasteiger partial charge in [0, 0.05) is 26.1 Å². The standard InChI is InChI=1S/C38H74N2O3/c1-3-5-7-9-11-13-15-17-19-21-23-25-27-29-37(41)36(35-40-31-33-43-34-32-40)39-38(42)30-28-26-24-22-20-18-16-14-12-10-8-6-4-2/h27,29,36-37,41H,3-26,28,30-35H2,1-2H3,(H,39,42)/b29-27+/t36-,37-/m1/s1. The molecule has 1 aliphatic rings. The molecule has 0 aromatic carbocycles. The van der Waals surface area contributed by atoms with Gasteiger partial charge in [0.1, 0.15) is 0 Å². The third kappa shape index (κ3) is 26.1. The molecule has 0 aromatic rings. The lowest BCUT2D eigenvalue weighted by molar-refractivity contribution is -0.122. The van der Waals surface area contributed by atoms with Crippen LogP contribution in [0.3, 0.4) is 0 Å². The molecular weight excluding hydrogens is 532 g/mol. The number of aliphatic hydroxyl groups is 1. The number of nitrogens with zero attached hydrogens (tertiary/aromatic N) is 1. The summed E-state index contributed by atoms with van der Waals surface area (Å²) in [6.07, 6.45) is 36.8. The number of amides is 1. The monoisotopic (exact) mass is 607 g/mol. The number of nitrogens with one attached hydrogen (secondary N) is 1. The van der Waals surface area contributed by atoms with Gasteiger partial charge >= 0.3 is 0 Å². The Morgan fingerprint density at radius 2 is 1.09 bits per heavy atom. The summed E-state index contributed by atoms with van der Waals surface area (Å²) in [5.74, 6) is 0.0825. The molecule has 5 nitrogen and oxygen atoms in total. The van der Waals surface area contributed by atoms with Crippen LogP contribution in [0, 0.1) is 0 Å². The van der Waals surface area contributed by atoms with Crippen molar-refractivity contribution in [2.75, 3.05) is 32.8 Å². The lowest BCUT2D eigenvalue weighted by atomic mass is 10.0. The van der Waals surface area contributed by atoms with Crippen molar-refractivity contribution in [1.29, 1.82) is 0 Å². The summed E-state index contributed by atoms with van der Waals surface area (Å²) in [6, 6.07) is -0.263. The molecule has 1 saturated heterocycles. The molecule has 1 heterocycles. The number of hydrogen-bond donors (Lipinski definition) is 2. The predicted molar refractivity (Wildman–Crippen MR) is 186 cm³/mol. The number of allylic oxidation sites excluding steroid dienone is 1. The van der Waals surface area contributed by atoms with E-state index in [1.807, 2.05) is 6.08 Å². The average molecular weight is 607 g/mol. The van der Waals surface area contributed by atoms with Crippen molar-refractivity contribution in [2.24, 2.45) is 0 Å². The van der Waals surface area contributed by atoms with Gasteiger partial charge in [0.05, 0.1) is 25.4 Å². The van der Waals surface area contributed by atoms with Crippen molar-refractivity contribution < 1.29 is 14.6 Å². The van der Waals surface area contributed by atoms with Crippen molar-refractivity contribution in [1.82, 2.24) is 10.2 Å². The second-order valence-corrected chi connectivity index (χ2v) is 13.3. The number of carbonyl (C=O) groups is 1. The predicted octanol–water partition coefficient (Wildman–Crippen LogP) is 9.90. The van der Waals surface area contributed by atoms with Crippen LogP contribution in [0.1, 0.15) is 181 Å². The van der Waals surface area contributed by atoms with Gasteiger partial charge in [0.2, 0.25) is 5.91 Å². The smallest absolute Gasteiger partial charge is 0.220 e. The van der Waals surface area contributed by atoms with Gasteiger partial charge in [-0.15, -0.1) is 0 Å². The quantitative estimate of drug-likeness (QED) is 0.0609. The number of morpholine rings is 1. The normalized spacial score (nSPS) is 15.7. The van der Waals surface area contributed by atoms with Gasteiger partial charge in [0.25, 0.3) is 0 Å². The van der Waals surface area contributed by atoms with Crippen LogP contribution in [0.15, 0.2) is 12.2 Å². The summed E-state index contributed by atoms with van der Waals surface area (Å²) >= 11 is 0. The van der Waals surface area contributed by atoms with Crippen LogP contribution in [0.5, 0.6) is 0 Å². The van der Waals surface area contributed by atoms with E-state index in [4.69, 9.17) is 4.74 Å². The van der Waals surface area contributed by atoms with Crippen LogP contribution in [-0.2, 0) is 9.53 Å². The van der Waals surface area contributed by atoms with Crippen LogP contribution in [0.2, 0.25) is 0 Å². The van der Waals surface area contributed by atoms with E-state index >= 15 is 0 Å². The molecular formula is C38H74N2O3. The van der Waals surface area contributed by atoms with E-state index in [0.717, 1.165) is 45.6 Å². The second kappa shape index (κ2) is 31.1. The van der Waals surface area contributed by atoms with Crippen LogP contribution < -0.4 is 5.32 Å². The number of carbonyl (C=O) groups excluding carboxylic acids is 1.